The first-order valence-electron chi connectivity index (χ1n) is 6.93. The number of aromatic nitrogens is 1. The van der Waals surface area contributed by atoms with Crippen molar-refractivity contribution in [1.82, 2.24) is 4.98 Å². The third kappa shape index (κ3) is 4.56. The molecule has 1 unspecified atom stereocenters. The Bertz CT molecular complexity index is 816. The summed E-state index contributed by atoms with van der Waals surface area (Å²) in [5, 5.41) is 24.7. The standard InChI is InChI=1S/C15H13Cl2N3O5/c1-25-15(22)8-4-12(20(23)24)14(18-6-8)19-7-13(21)10-3-2-9(16)5-11(10)17/h2-6,13,21H,7H2,1H3,(H,18,19). The van der Waals surface area contributed by atoms with Gasteiger partial charge in [-0.05, 0) is 12.1 Å². The van der Waals surface area contributed by atoms with E-state index in [9.17, 15) is 20.0 Å². The van der Waals surface area contributed by atoms with Crippen molar-refractivity contribution in [3.8, 4) is 0 Å². The Hall–Kier alpha value is -2.42. The molecule has 0 amide bonds. The van der Waals surface area contributed by atoms with Crippen LogP contribution in [-0.4, -0.2) is 34.6 Å². The number of hydrogen-bond acceptors (Lipinski definition) is 7. The number of nitrogens with one attached hydrogen (secondary N) is 1. The summed E-state index contributed by atoms with van der Waals surface area (Å²) in [5.74, 6) is -0.836. The van der Waals surface area contributed by atoms with Crippen molar-refractivity contribution < 1.29 is 19.6 Å². The molecule has 0 aliphatic carbocycles. The summed E-state index contributed by atoms with van der Waals surface area (Å²) in [6.07, 6.45) is 0.0921. The third-order valence-corrected chi connectivity index (χ3v) is 3.83. The summed E-state index contributed by atoms with van der Waals surface area (Å²) in [5.41, 5.74) is -0.0641. The lowest BCUT2D eigenvalue weighted by Crippen LogP contribution is -2.15. The van der Waals surface area contributed by atoms with Gasteiger partial charge in [-0.1, -0.05) is 29.3 Å². The van der Waals surface area contributed by atoms with E-state index >= 15 is 0 Å². The molecule has 0 aliphatic rings. The molecule has 1 aromatic carbocycles. The number of aliphatic hydroxyl groups excluding tert-OH is 1. The minimum Gasteiger partial charge on any atom is -0.465 e. The summed E-state index contributed by atoms with van der Waals surface area (Å²) in [6, 6.07) is 5.65. The molecule has 2 N–H and O–H groups in total. The molecule has 10 heteroatoms. The van der Waals surface area contributed by atoms with Crippen LogP contribution in [0.15, 0.2) is 30.5 Å². The summed E-state index contributed by atoms with van der Waals surface area (Å²) in [4.78, 5) is 25.8. The molecule has 0 aliphatic heterocycles. The predicted molar refractivity (Wildman–Crippen MR) is 92.1 cm³/mol. The molecule has 25 heavy (non-hydrogen) atoms. The Balaban J connectivity index is 2.19. The van der Waals surface area contributed by atoms with E-state index in [0.29, 0.717) is 10.6 Å². The SMILES string of the molecule is COC(=O)c1cnc(NCC(O)c2ccc(Cl)cc2Cl)c([N+](=O)[O-])c1. The molecule has 2 rings (SSSR count). The summed E-state index contributed by atoms with van der Waals surface area (Å²) in [6.45, 7) is -0.0905. The molecule has 0 spiro atoms. The Labute approximate surface area is 152 Å². The van der Waals surface area contributed by atoms with Crippen LogP contribution in [0.5, 0.6) is 0 Å². The molecule has 0 bridgehead atoms. The molecule has 2 aromatic rings. The van der Waals surface area contributed by atoms with Gasteiger partial charge in [0.1, 0.15) is 0 Å². The van der Waals surface area contributed by atoms with Crippen LogP contribution in [0.25, 0.3) is 0 Å². The van der Waals surface area contributed by atoms with Crippen molar-refractivity contribution in [2.75, 3.05) is 19.0 Å². The van der Waals surface area contributed by atoms with Crippen LogP contribution in [0.2, 0.25) is 10.0 Å². The van der Waals surface area contributed by atoms with Gasteiger partial charge in [-0.2, -0.15) is 0 Å². The summed E-state index contributed by atoms with van der Waals surface area (Å²) >= 11 is 11.8. The second kappa shape index (κ2) is 8.11. The number of rotatable bonds is 6. The number of methoxy groups -OCH3 is 1. The smallest absolute Gasteiger partial charge is 0.339 e. The van der Waals surface area contributed by atoms with Crippen molar-refractivity contribution >= 4 is 40.7 Å². The van der Waals surface area contributed by atoms with Gasteiger partial charge in [0.2, 0.25) is 5.82 Å². The van der Waals surface area contributed by atoms with Gasteiger partial charge in [0.25, 0.3) is 0 Å². The van der Waals surface area contributed by atoms with E-state index < -0.39 is 22.7 Å². The van der Waals surface area contributed by atoms with Crippen molar-refractivity contribution in [2.24, 2.45) is 0 Å². The molecule has 1 aromatic heterocycles. The van der Waals surface area contributed by atoms with Gasteiger partial charge in [0, 0.05) is 34.4 Å². The van der Waals surface area contributed by atoms with Gasteiger partial charge in [0.15, 0.2) is 0 Å². The van der Waals surface area contributed by atoms with E-state index in [1.807, 2.05) is 0 Å². The first-order valence-corrected chi connectivity index (χ1v) is 7.68. The maximum absolute atomic E-state index is 11.4. The van der Waals surface area contributed by atoms with Gasteiger partial charge >= 0.3 is 11.7 Å². The molecule has 1 atom stereocenters. The molecule has 0 saturated heterocycles. The highest BCUT2D eigenvalue weighted by molar-refractivity contribution is 6.35. The lowest BCUT2D eigenvalue weighted by molar-refractivity contribution is -0.384. The second-order valence-corrected chi connectivity index (χ2v) is 5.75. The Morgan fingerprint density at radius 2 is 2.16 bits per heavy atom. The number of aliphatic hydroxyl groups is 1. The number of esters is 1. The quantitative estimate of drug-likeness (QED) is 0.445. The monoisotopic (exact) mass is 385 g/mol. The number of benzene rings is 1. The number of carbonyl (C=O) groups is 1. The lowest BCUT2D eigenvalue weighted by Gasteiger charge is -2.14. The first kappa shape index (κ1) is 18.9. The number of nitro groups is 1. The van der Waals surface area contributed by atoms with Gasteiger partial charge in [-0.15, -0.1) is 0 Å². The average molecular weight is 386 g/mol. The first-order chi connectivity index (χ1) is 11.8. The Kier molecular flexibility index (Phi) is 6.13. The van der Waals surface area contributed by atoms with Crippen molar-refractivity contribution in [1.29, 1.82) is 0 Å². The number of pyridine rings is 1. The minimum absolute atomic E-state index is 0.0546. The molecule has 0 fully saturated rings. The van der Waals surface area contributed by atoms with E-state index in [-0.39, 0.29) is 22.9 Å². The zero-order valence-corrected chi connectivity index (χ0v) is 14.4. The maximum Gasteiger partial charge on any atom is 0.339 e. The molecular weight excluding hydrogens is 373 g/mol. The van der Waals surface area contributed by atoms with Crippen LogP contribution >= 0.6 is 23.2 Å². The van der Waals surface area contributed by atoms with E-state index in [2.05, 4.69) is 15.0 Å². The maximum atomic E-state index is 11.4. The molecule has 1 heterocycles. The van der Waals surface area contributed by atoms with Crippen LogP contribution < -0.4 is 5.32 Å². The number of halogens is 2. The van der Waals surface area contributed by atoms with Gasteiger partial charge in [-0.25, -0.2) is 9.78 Å². The van der Waals surface area contributed by atoms with Crippen molar-refractivity contribution in [2.45, 2.75) is 6.10 Å². The molecule has 0 saturated carbocycles. The molecule has 8 nitrogen and oxygen atoms in total. The molecule has 132 valence electrons. The zero-order valence-electron chi connectivity index (χ0n) is 12.9. The Morgan fingerprint density at radius 1 is 1.44 bits per heavy atom. The van der Waals surface area contributed by atoms with Crippen LogP contribution in [0.3, 0.4) is 0 Å². The highest BCUT2D eigenvalue weighted by Crippen LogP contribution is 2.28. The predicted octanol–water partition coefficient (Wildman–Crippen LogP) is 3.23. The lowest BCUT2D eigenvalue weighted by atomic mass is 10.1. The number of ether oxygens (including phenoxy) is 1. The van der Waals surface area contributed by atoms with Gasteiger partial charge < -0.3 is 15.2 Å². The fraction of sp³-hybridized carbons (Fsp3) is 0.200. The fourth-order valence-electron chi connectivity index (χ4n) is 2.03. The van der Waals surface area contributed by atoms with Crippen LogP contribution in [0, 0.1) is 10.1 Å². The van der Waals surface area contributed by atoms with E-state index in [1.165, 1.54) is 6.07 Å². The van der Waals surface area contributed by atoms with E-state index in [4.69, 9.17) is 23.2 Å². The fourth-order valence-corrected chi connectivity index (χ4v) is 2.57. The van der Waals surface area contributed by atoms with Crippen molar-refractivity contribution in [3.05, 3.63) is 61.7 Å². The summed E-state index contributed by atoms with van der Waals surface area (Å²) < 4.78 is 4.50. The largest absolute Gasteiger partial charge is 0.465 e. The van der Waals surface area contributed by atoms with Crippen LogP contribution in [-0.2, 0) is 4.74 Å². The third-order valence-electron chi connectivity index (χ3n) is 3.27. The molecular formula is C15H13Cl2N3O5. The van der Waals surface area contributed by atoms with Crippen LogP contribution in [0.1, 0.15) is 22.0 Å². The highest BCUT2D eigenvalue weighted by atomic mass is 35.5. The topological polar surface area (TPSA) is 115 Å². The normalized spacial score (nSPS) is 11.7. The van der Waals surface area contributed by atoms with Crippen molar-refractivity contribution in [3.63, 3.8) is 0 Å². The van der Waals surface area contributed by atoms with E-state index in [0.717, 1.165) is 19.4 Å². The van der Waals surface area contributed by atoms with Crippen LogP contribution in [0.4, 0.5) is 11.5 Å². The molecule has 0 radical (unpaired) electrons. The number of hydrogen-bond donors (Lipinski definition) is 2. The Morgan fingerprint density at radius 3 is 2.76 bits per heavy atom. The van der Waals surface area contributed by atoms with Gasteiger partial charge in [0.05, 0.1) is 23.7 Å². The minimum atomic E-state index is -1.05. The zero-order chi connectivity index (χ0) is 18.6. The number of carbonyl (C=O) groups excluding carboxylic acids is 1. The highest BCUT2D eigenvalue weighted by Gasteiger charge is 2.21. The van der Waals surface area contributed by atoms with E-state index in [1.54, 1.807) is 12.1 Å². The second-order valence-electron chi connectivity index (χ2n) is 4.90. The summed E-state index contributed by atoms with van der Waals surface area (Å²) in [7, 11) is 1.16. The van der Waals surface area contributed by atoms with Gasteiger partial charge in [-0.3, -0.25) is 10.1 Å². The number of nitrogens with zero attached hydrogens (tertiary/aromatic N) is 2. The number of anilines is 1. The average Bonchev–Trinajstić information content (AvgIpc) is 2.58.